The first-order chi connectivity index (χ1) is 8.20. The zero-order valence-electron chi connectivity index (χ0n) is 9.50. The summed E-state index contributed by atoms with van der Waals surface area (Å²) in [5.74, 6) is -0.293. The van der Waals surface area contributed by atoms with Crippen molar-refractivity contribution in [1.82, 2.24) is 5.32 Å². The maximum absolute atomic E-state index is 13.7. The van der Waals surface area contributed by atoms with Crippen molar-refractivity contribution in [1.29, 1.82) is 0 Å². The van der Waals surface area contributed by atoms with Crippen LogP contribution in [0.3, 0.4) is 0 Å². The molecule has 0 unspecified atom stereocenters. The molecule has 0 aromatic heterocycles. The Labute approximate surface area is 105 Å². The Morgan fingerprint density at radius 1 is 1.12 bits per heavy atom. The zero-order chi connectivity index (χ0) is 12.3. The fourth-order valence-electron chi connectivity index (χ4n) is 1.73. The molecule has 0 heterocycles. The Balaban J connectivity index is 2.33. The van der Waals surface area contributed by atoms with E-state index < -0.39 is 0 Å². The highest BCUT2D eigenvalue weighted by atomic mass is 35.5. The van der Waals surface area contributed by atoms with Crippen molar-refractivity contribution in [3.8, 4) is 11.1 Å². The highest BCUT2D eigenvalue weighted by molar-refractivity contribution is 6.30. The third-order valence-electron chi connectivity index (χ3n) is 2.58. The van der Waals surface area contributed by atoms with E-state index in [0.717, 1.165) is 12.1 Å². The number of hydrogen-bond donors (Lipinski definition) is 1. The first-order valence-electron chi connectivity index (χ1n) is 5.39. The molecule has 2 rings (SSSR count). The van der Waals surface area contributed by atoms with Crippen LogP contribution in [0.25, 0.3) is 11.1 Å². The molecule has 0 saturated carbocycles. The zero-order valence-corrected chi connectivity index (χ0v) is 10.3. The van der Waals surface area contributed by atoms with E-state index in [1.807, 2.05) is 31.3 Å². The minimum absolute atomic E-state index is 0.293. The molecule has 1 nitrogen and oxygen atoms in total. The minimum Gasteiger partial charge on any atom is -0.316 e. The van der Waals surface area contributed by atoms with E-state index in [4.69, 9.17) is 11.6 Å². The van der Waals surface area contributed by atoms with Gasteiger partial charge in [0.05, 0.1) is 0 Å². The summed E-state index contributed by atoms with van der Waals surface area (Å²) < 4.78 is 13.7. The van der Waals surface area contributed by atoms with Gasteiger partial charge in [0, 0.05) is 17.1 Å². The second kappa shape index (κ2) is 5.30. The van der Waals surface area contributed by atoms with Crippen LogP contribution in [0.2, 0.25) is 5.02 Å². The highest BCUT2D eigenvalue weighted by Crippen LogP contribution is 2.25. The molecule has 0 bridgehead atoms. The molecule has 0 aliphatic heterocycles. The fraction of sp³-hybridized carbons (Fsp3) is 0.143. The summed E-state index contributed by atoms with van der Waals surface area (Å²) in [6.45, 7) is 0.809. The van der Waals surface area contributed by atoms with Crippen LogP contribution in [0.5, 0.6) is 0 Å². The van der Waals surface area contributed by atoms with Crippen LogP contribution in [0, 0.1) is 5.82 Å². The van der Waals surface area contributed by atoms with Gasteiger partial charge in [0.15, 0.2) is 0 Å². The summed E-state index contributed by atoms with van der Waals surface area (Å²) in [6.07, 6.45) is 0. The summed E-state index contributed by atoms with van der Waals surface area (Å²) in [6, 6.07) is 12.5. The fourth-order valence-corrected chi connectivity index (χ4v) is 1.89. The molecule has 0 radical (unpaired) electrons. The molecular formula is C14H13ClFN. The van der Waals surface area contributed by atoms with Gasteiger partial charge in [-0.1, -0.05) is 35.9 Å². The van der Waals surface area contributed by atoms with Crippen molar-refractivity contribution in [3.63, 3.8) is 0 Å². The summed E-state index contributed by atoms with van der Waals surface area (Å²) in [4.78, 5) is 0. The number of benzene rings is 2. The van der Waals surface area contributed by atoms with Gasteiger partial charge in [-0.15, -0.1) is 0 Å². The monoisotopic (exact) mass is 249 g/mol. The number of halogens is 2. The van der Waals surface area contributed by atoms with Crippen LogP contribution in [0.4, 0.5) is 4.39 Å². The van der Waals surface area contributed by atoms with E-state index in [-0.39, 0.29) is 5.82 Å². The topological polar surface area (TPSA) is 12.0 Å². The molecule has 3 heteroatoms. The highest BCUT2D eigenvalue weighted by Gasteiger charge is 2.05. The average molecular weight is 250 g/mol. The Morgan fingerprint density at radius 3 is 2.41 bits per heavy atom. The summed E-state index contributed by atoms with van der Waals surface area (Å²) in [5, 5.41) is 3.49. The molecule has 88 valence electrons. The standard InChI is InChI=1S/C14H13ClFN/c1-17-9-10-2-4-11(5-3-10)13-7-6-12(15)8-14(13)16/h2-8,17H,9H2,1H3. The van der Waals surface area contributed by atoms with Crippen molar-refractivity contribution in [3.05, 3.63) is 58.9 Å². The van der Waals surface area contributed by atoms with Crippen molar-refractivity contribution in [2.45, 2.75) is 6.54 Å². The molecule has 17 heavy (non-hydrogen) atoms. The number of rotatable bonds is 3. The molecule has 0 fully saturated rings. The first-order valence-corrected chi connectivity index (χ1v) is 5.77. The lowest BCUT2D eigenvalue weighted by atomic mass is 10.0. The average Bonchev–Trinajstić information content (AvgIpc) is 2.31. The van der Waals surface area contributed by atoms with Gasteiger partial charge in [0.25, 0.3) is 0 Å². The largest absolute Gasteiger partial charge is 0.316 e. The Bertz CT molecular complexity index is 508. The van der Waals surface area contributed by atoms with Crippen LogP contribution >= 0.6 is 11.6 Å². The maximum atomic E-state index is 13.7. The van der Waals surface area contributed by atoms with Gasteiger partial charge in [-0.2, -0.15) is 0 Å². The van der Waals surface area contributed by atoms with Gasteiger partial charge in [0.2, 0.25) is 0 Å². The summed E-state index contributed by atoms with van der Waals surface area (Å²) >= 11 is 5.72. The van der Waals surface area contributed by atoms with Gasteiger partial charge in [-0.3, -0.25) is 0 Å². The number of hydrogen-bond acceptors (Lipinski definition) is 1. The van der Waals surface area contributed by atoms with E-state index in [0.29, 0.717) is 10.6 Å². The normalized spacial score (nSPS) is 10.5. The molecule has 1 N–H and O–H groups in total. The van der Waals surface area contributed by atoms with Gasteiger partial charge >= 0.3 is 0 Å². The van der Waals surface area contributed by atoms with Crippen molar-refractivity contribution >= 4 is 11.6 Å². The second-order valence-corrected chi connectivity index (χ2v) is 4.29. The first kappa shape index (κ1) is 12.1. The van der Waals surface area contributed by atoms with E-state index in [1.54, 1.807) is 12.1 Å². The molecule has 0 amide bonds. The van der Waals surface area contributed by atoms with Crippen molar-refractivity contribution in [2.75, 3.05) is 7.05 Å². The third kappa shape index (κ3) is 2.84. The second-order valence-electron chi connectivity index (χ2n) is 3.85. The van der Waals surface area contributed by atoms with Crippen LogP contribution in [0.1, 0.15) is 5.56 Å². The van der Waals surface area contributed by atoms with E-state index >= 15 is 0 Å². The molecule has 0 aliphatic rings. The van der Waals surface area contributed by atoms with Crippen LogP contribution in [-0.4, -0.2) is 7.05 Å². The molecule has 0 spiro atoms. The van der Waals surface area contributed by atoms with Gasteiger partial charge < -0.3 is 5.32 Å². The molecule has 0 saturated heterocycles. The van der Waals surface area contributed by atoms with Crippen molar-refractivity contribution < 1.29 is 4.39 Å². The van der Waals surface area contributed by atoms with Gasteiger partial charge in [0.1, 0.15) is 5.82 Å². The lowest BCUT2D eigenvalue weighted by Crippen LogP contribution is -2.04. The summed E-state index contributed by atoms with van der Waals surface area (Å²) in [7, 11) is 1.90. The predicted molar refractivity (Wildman–Crippen MR) is 69.6 cm³/mol. The van der Waals surface area contributed by atoms with Crippen LogP contribution in [-0.2, 0) is 6.54 Å². The minimum atomic E-state index is -0.293. The lowest BCUT2D eigenvalue weighted by Gasteiger charge is -2.05. The molecule has 2 aromatic rings. The van der Waals surface area contributed by atoms with Gasteiger partial charge in [-0.25, -0.2) is 4.39 Å². The quantitative estimate of drug-likeness (QED) is 0.871. The molecule has 2 aromatic carbocycles. The van der Waals surface area contributed by atoms with Crippen molar-refractivity contribution in [2.24, 2.45) is 0 Å². The summed E-state index contributed by atoms with van der Waals surface area (Å²) in [5.41, 5.74) is 2.61. The van der Waals surface area contributed by atoms with Crippen LogP contribution < -0.4 is 5.32 Å². The SMILES string of the molecule is CNCc1ccc(-c2ccc(Cl)cc2F)cc1. The predicted octanol–water partition coefficient (Wildman–Crippen LogP) is 3.87. The Hall–Kier alpha value is -1.38. The maximum Gasteiger partial charge on any atom is 0.132 e. The van der Waals surface area contributed by atoms with Gasteiger partial charge in [-0.05, 0) is 36.4 Å². The van der Waals surface area contributed by atoms with Crippen LogP contribution in [0.15, 0.2) is 42.5 Å². The Morgan fingerprint density at radius 2 is 1.82 bits per heavy atom. The van der Waals surface area contributed by atoms with E-state index in [1.165, 1.54) is 11.6 Å². The number of nitrogens with one attached hydrogen (secondary N) is 1. The molecule has 0 aliphatic carbocycles. The lowest BCUT2D eigenvalue weighted by molar-refractivity contribution is 0.631. The molecule has 0 atom stereocenters. The third-order valence-corrected chi connectivity index (χ3v) is 2.81. The van der Waals surface area contributed by atoms with E-state index in [2.05, 4.69) is 5.32 Å². The van der Waals surface area contributed by atoms with E-state index in [9.17, 15) is 4.39 Å². The Kier molecular flexibility index (Phi) is 3.77. The molecular weight excluding hydrogens is 237 g/mol. The smallest absolute Gasteiger partial charge is 0.132 e.